The van der Waals surface area contributed by atoms with Gasteiger partial charge in [-0.25, -0.2) is 0 Å². The van der Waals surface area contributed by atoms with Gasteiger partial charge in [-0.1, -0.05) is 15.9 Å². The molecule has 1 N–H and O–H groups in total. The van der Waals surface area contributed by atoms with Gasteiger partial charge in [-0.2, -0.15) is 0 Å². The van der Waals surface area contributed by atoms with Crippen LogP contribution >= 0.6 is 39.5 Å². The Morgan fingerprint density at radius 3 is 2.88 bits per heavy atom. The van der Waals surface area contributed by atoms with Gasteiger partial charge < -0.3 is 4.98 Å². The minimum absolute atomic E-state index is 0.847. The number of nitrogens with one attached hydrogen (secondary N) is 1. The number of thiazole rings is 1. The zero-order valence-corrected chi connectivity index (χ0v) is 7.20. The normalized spacial score (nSPS) is 9.62. The highest BCUT2D eigenvalue weighted by molar-refractivity contribution is 9.08. The van der Waals surface area contributed by atoms with E-state index < -0.39 is 0 Å². The topological polar surface area (TPSA) is 15.8 Å². The Kier molecular flexibility index (Phi) is 2.22. The van der Waals surface area contributed by atoms with E-state index in [1.54, 1.807) is 11.3 Å². The molecule has 0 unspecified atom stereocenters. The third-order valence-corrected chi connectivity index (χ3v) is 2.43. The van der Waals surface area contributed by atoms with Crippen molar-refractivity contribution in [1.82, 2.24) is 4.98 Å². The van der Waals surface area contributed by atoms with Crippen LogP contribution in [0.5, 0.6) is 0 Å². The fourth-order valence-corrected chi connectivity index (χ4v) is 1.75. The molecule has 0 aliphatic heterocycles. The molecule has 4 heteroatoms. The number of aromatic nitrogens is 1. The van der Waals surface area contributed by atoms with Crippen LogP contribution in [0, 0.1) is 3.95 Å². The van der Waals surface area contributed by atoms with E-state index in [1.165, 1.54) is 0 Å². The van der Waals surface area contributed by atoms with Gasteiger partial charge in [-0.3, -0.25) is 0 Å². The molecule has 0 aliphatic rings. The van der Waals surface area contributed by atoms with E-state index in [1.807, 2.05) is 5.38 Å². The fraction of sp³-hybridized carbons (Fsp3) is 0.250. The third kappa shape index (κ3) is 1.40. The number of aromatic amines is 1. The van der Waals surface area contributed by atoms with Gasteiger partial charge >= 0.3 is 0 Å². The van der Waals surface area contributed by atoms with Crippen LogP contribution < -0.4 is 0 Å². The van der Waals surface area contributed by atoms with Crippen LogP contribution in [-0.2, 0) is 5.33 Å². The molecule has 0 aliphatic carbocycles. The van der Waals surface area contributed by atoms with E-state index >= 15 is 0 Å². The number of rotatable bonds is 1. The van der Waals surface area contributed by atoms with Crippen molar-refractivity contribution >= 4 is 39.5 Å². The highest BCUT2D eigenvalue weighted by Crippen LogP contribution is 2.06. The minimum atomic E-state index is 0.847. The lowest BCUT2D eigenvalue weighted by molar-refractivity contribution is 1.23. The van der Waals surface area contributed by atoms with E-state index in [0.29, 0.717) is 0 Å². The van der Waals surface area contributed by atoms with Crippen molar-refractivity contribution in [3.8, 4) is 0 Å². The molecule has 0 bridgehead atoms. The van der Waals surface area contributed by atoms with Crippen molar-refractivity contribution in [2.45, 2.75) is 5.33 Å². The van der Waals surface area contributed by atoms with Crippen LogP contribution in [-0.4, -0.2) is 4.98 Å². The first-order valence-corrected chi connectivity index (χ1v) is 4.46. The lowest BCUT2D eigenvalue weighted by Crippen LogP contribution is -1.71. The molecule has 1 nitrogen and oxygen atoms in total. The summed E-state index contributed by atoms with van der Waals surface area (Å²) in [5, 5.41) is 2.87. The van der Waals surface area contributed by atoms with E-state index in [4.69, 9.17) is 12.2 Å². The maximum absolute atomic E-state index is 4.84. The van der Waals surface area contributed by atoms with Crippen molar-refractivity contribution in [3.63, 3.8) is 0 Å². The number of hydrogen-bond acceptors (Lipinski definition) is 2. The summed E-state index contributed by atoms with van der Waals surface area (Å²) in [5.74, 6) is 0. The van der Waals surface area contributed by atoms with E-state index in [9.17, 15) is 0 Å². The Balaban J connectivity index is 3.01. The summed E-state index contributed by atoms with van der Waals surface area (Å²) in [5.41, 5.74) is 1.15. The van der Waals surface area contributed by atoms with Crippen molar-refractivity contribution in [3.05, 3.63) is 15.0 Å². The largest absolute Gasteiger partial charge is 0.340 e. The molecule has 0 atom stereocenters. The fourth-order valence-electron chi connectivity index (χ4n) is 0.380. The number of alkyl halides is 1. The molecular formula is C4H4BrNS2. The summed E-state index contributed by atoms with van der Waals surface area (Å²) in [6.07, 6.45) is 0. The zero-order valence-electron chi connectivity index (χ0n) is 3.98. The SMILES string of the molecule is S=c1[nH]c(CBr)cs1. The second-order valence-electron chi connectivity index (χ2n) is 1.31. The summed E-state index contributed by atoms with van der Waals surface area (Å²) < 4.78 is 0.847. The van der Waals surface area contributed by atoms with Gasteiger partial charge in [-0.15, -0.1) is 11.3 Å². The molecule has 1 aromatic rings. The first-order chi connectivity index (χ1) is 3.83. The quantitative estimate of drug-likeness (QED) is 0.556. The predicted octanol–water partition coefficient (Wildman–Crippen LogP) is 2.70. The Morgan fingerprint density at radius 1 is 1.88 bits per heavy atom. The Bertz CT molecular complexity index is 214. The molecule has 1 rings (SSSR count). The highest BCUT2D eigenvalue weighted by Gasteiger charge is 1.87. The molecule has 0 saturated heterocycles. The molecule has 44 valence electrons. The average molecular weight is 210 g/mol. The minimum Gasteiger partial charge on any atom is -0.340 e. The summed E-state index contributed by atoms with van der Waals surface area (Å²) in [4.78, 5) is 3.01. The van der Waals surface area contributed by atoms with Crippen LogP contribution in [0.4, 0.5) is 0 Å². The third-order valence-electron chi connectivity index (χ3n) is 0.715. The van der Waals surface area contributed by atoms with Crippen LogP contribution in [0.1, 0.15) is 5.69 Å². The zero-order chi connectivity index (χ0) is 5.98. The summed E-state index contributed by atoms with van der Waals surface area (Å²) in [6, 6.07) is 0. The van der Waals surface area contributed by atoms with Crippen LogP contribution in [0.15, 0.2) is 5.38 Å². The molecule has 0 spiro atoms. The molecule has 0 aromatic carbocycles. The van der Waals surface area contributed by atoms with E-state index in [2.05, 4.69) is 20.9 Å². The van der Waals surface area contributed by atoms with Gasteiger partial charge in [0, 0.05) is 16.4 Å². The number of halogens is 1. The molecule has 0 radical (unpaired) electrons. The van der Waals surface area contributed by atoms with Crippen molar-refractivity contribution in [2.75, 3.05) is 0 Å². The van der Waals surface area contributed by atoms with Crippen molar-refractivity contribution in [2.24, 2.45) is 0 Å². The molecular weight excluding hydrogens is 206 g/mol. The highest BCUT2D eigenvalue weighted by atomic mass is 79.9. The maximum atomic E-state index is 4.84. The van der Waals surface area contributed by atoms with Gasteiger partial charge in [0.05, 0.1) is 0 Å². The van der Waals surface area contributed by atoms with Gasteiger partial charge in [0.2, 0.25) is 0 Å². The Morgan fingerprint density at radius 2 is 2.62 bits per heavy atom. The van der Waals surface area contributed by atoms with Gasteiger partial charge in [0.15, 0.2) is 3.95 Å². The van der Waals surface area contributed by atoms with Gasteiger partial charge in [0.25, 0.3) is 0 Å². The van der Waals surface area contributed by atoms with E-state index in [0.717, 1.165) is 15.0 Å². The van der Waals surface area contributed by atoms with Gasteiger partial charge in [-0.05, 0) is 12.2 Å². The summed E-state index contributed by atoms with van der Waals surface area (Å²) in [7, 11) is 0. The van der Waals surface area contributed by atoms with Crippen LogP contribution in [0.3, 0.4) is 0 Å². The van der Waals surface area contributed by atoms with Crippen LogP contribution in [0.2, 0.25) is 0 Å². The molecule has 8 heavy (non-hydrogen) atoms. The van der Waals surface area contributed by atoms with Gasteiger partial charge in [0.1, 0.15) is 0 Å². The predicted molar refractivity (Wildman–Crippen MR) is 42.1 cm³/mol. The second-order valence-corrected chi connectivity index (χ2v) is 3.41. The summed E-state index contributed by atoms with van der Waals surface area (Å²) >= 11 is 9.70. The second kappa shape index (κ2) is 2.75. The number of hydrogen-bond donors (Lipinski definition) is 1. The molecule has 0 saturated carbocycles. The van der Waals surface area contributed by atoms with E-state index in [-0.39, 0.29) is 0 Å². The smallest absolute Gasteiger partial charge is 0.158 e. The molecule has 0 fully saturated rings. The van der Waals surface area contributed by atoms with Crippen molar-refractivity contribution < 1.29 is 0 Å². The monoisotopic (exact) mass is 209 g/mol. The molecule has 1 aromatic heterocycles. The average Bonchev–Trinajstić information content (AvgIpc) is 2.14. The molecule has 0 amide bonds. The Hall–Kier alpha value is 0.330. The lowest BCUT2D eigenvalue weighted by Gasteiger charge is -1.78. The van der Waals surface area contributed by atoms with Crippen LogP contribution in [0.25, 0.3) is 0 Å². The maximum Gasteiger partial charge on any atom is 0.158 e. The first kappa shape index (κ1) is 6.45. The summed E-state index contributed by atoms with van der Waals surface area (Å²) in [6.45, 7) is 0. The van der Waals surface area contributed by atoms with Crippen molar-refractivity contribution in [1.29, 1.82) is 0 Å². The molecule has 1 heterocycles. The number of H-pyrrole nitrogens is 1. The standard InChI is InChI=1S/C4H4BrNS2/c5-1-3-2-8-4(7)6-3/h2H,1H2,(H,6,7). The lowest BCUT2D eigenvalue weighted by atomic mass is 10.6. The first-order valence-electron chi connectivity index (χ1n) is 2.05. The Labute approximate surface area is 64.9 Å².